The zero-order valence-corrected chi connectivity index (χ0v) is 31.3. The quantitative estimate of drug-likeness (QED) is 0.102. The van der Waals surface area contributed by atoms with Crippen LogP contribution in [-0.2, 0) is 0 Å². The van der Waals surface area contributed by atoms with Crippen LogP contribution in [0.2, 0.25) is 0 Å². The average molecular weight is 792 g/mol. The van der Waals surface area contributed by atoms with E-state index in [0.29, 0.717) is 22.7 Å². The van der Waals surface area contributed by atoms with Crippen molar-refractivity contribution in [1.29, 1.82) is 0 Å². The third-order valence-corrected chi connectivity index (χ3v) is 9.41. The number of rotatable bonds is 4. The molecule has 0 unspecified atom stereocenters. The standard InChI is InChI=1S/C44H32N8.Sn/c45-29-9-1-25(2-10-29)41-33-17-19-35(49-33)42(26-3-11-30(46)12-4-26)37-21-23-39(51-37)44(28-7-15-32(48)16-8-28)40-24-22-38(52-40)43(36-20-18-34(41)50-36)27-5-13-31(47)14-6-27;/h1-24H,45-48H2;/q-2;+2. The van der Waals surface area contributed by atoms with Crippen molar-refractivity contribution in [2.24, 2.45) is 0 Å². The maximum atomic E-state index is 6.13. The molecule has 8 nitrogen and oxygen atoms in total. The Morgan fingerprint density at radius 1 is 0.302 bits per heavy atom. The molecular weight excluding hydrogens is 759 g/mol. The minimum absolute atomic E-state index is 0. The summed E-state index contributed by atoms with van der Waals surface area (Å²) in [6, 6.07) is 39.4. The Balaban J connectivity index is 0.00000400. The van der Waals surface area contributed by atoms with Gasteiger partial charge in [-0.25, -0.2) is 9.97 Å². The molecule has 0 saturated heterocycles. The van der Waals surface area contributed by atoms with E-state index in [2.05, 4.69) is 0 Å². The van der Waals surface area contributed by atoms with E-state index < -0.39 is 0 Å². The van der Waals surface area contributed by atoms with Crippen LogP contribution in [0.25, 0.3) is 90.9 Å². The topological polar surface area (TPSA) is 158 Å². The van der Waals surface area contributed by atoms with Gasteiger partial charge in [0.25, 0.3) is 0 Å². The van der Waals surface area contributed by atoms with Gasteiger partial charge < -0.3 is 32.9 Å². The number of hydrogen-bond donors (Lipinski definition) is 4. The van der Waals surface area contributed by atoms with Gasteiger partial charge in [0.05, 0.1) is 22.8 Å². The van der Waals surface area contributed by atoms with Gasteiger partial charge >= 0.3 is 23.9 Å². The molecule has 9 rings (SSSR count). The van der Waals surface area contributed by atoms with Gasteiger partial charge in [-0.15, -0.1) is 22.1 Å². The minimum Gasteiger partial charge on any atom is -0.657 e. The third kappa shape index (κ3) is 6.23. The van der Waals surface area contributed by atoms with Gasteiger partial charge in [0.2, 0.25) is 0 Å². The molecule has 2 aliphatic rings. The number of nitrogen functional groups attached to an aromatic ring is 4. The van der Waals surface area contributed by atoms with Gasteiger partial charge in [-0.1, -0.05) is 72.8 Å². The van der Waals surface area contributed by atoms with Crippen molar-refractivity contribution >= 4 is 93.0 Å². The smallest absolute Gasteiger partial charge is 0.657 e. The summed E-state index contributed by atoms with van der Waals surface area (Å²) in [5, 5.41) is 0. The number of benzene rings is 4. The van der Waals surface area contributed by atoms with E-state index in [4.69, 9.17) is 42.9 Å². The minimum atomic E-state index is 0. The number of hydrogen-bond acceptors (Lipinski definition) is 6. The Hall–Kier alpha value is -6.52. The molecule has 7 aromatic rings. The predicted octanol–water partition coefficient (Wildman–Crippen LogP) is 8.53. The van der Waals surface area contributed by atoms with Crippen LogP contribution in [0.15, 0.2) is 121 Å². The molecule has 0 spiro atoms. The largest absolute Gasteiger partial charge is 2.00 e. The van der Waals surface area contributed by atoms with E-state index in [9.17, 15) is 0 Å². The van der Waals surface area contributed by atoms with Crippen LogP contribution in [0.5, 0.6) is 0 Å². The molecule has 53 heavy (non-hydrogen) atoms. The van der Waals surface area contributed by atoms with Gasteiger partial charge in [0.15, 0.2) is 0 Å². The number of fused-ring (bicyclic) bond motifs is 8. The van der Waals surface area contributed by atoms with E-state index in [-0.39, 0.29) is 23.9 Å². The SMILES string of the molecule is Nc1ccc(-c2c3nc(c(-c4ccc(N)cc4)c4ccc([n-]4)c(-c4ccc(N)cc4)c4nc(c(-c5ccc(N)cc5)c5ccc2[n-]5)C=C4)C=C3)cc1.[Sn+2]. The molecule has 8 N–H and O–H groups in total. The number of anilines is 4. The molecule has 3 aromatic heterocycles. The Labute approximate surface area is 322 Å². The van der Waals surface area contributed by atoms with E-state index >= 15 is 0 Å². The van der Waals surface area contributed by atoms with Crippen molar-refractivity contribution in [3.63, 3.8) is 0 Å². The Morgan fingerprint density at radius 2 is 0.509 bits per heavy atom. The van der Waals surface area contributed by atoms with Crippen LogP contribution < -0.4 is 32.9 Å². The third-order valence-electron chi connectivity index (χ3n) is 9.41. The van der Waals surface area contributed by atoms with Crippen LogP contribution in [-0.4, -0.2) is 33.9 Å². The summed E-state index contributed by atoms with van der Waals surface area (Å²) in [6.07, 6.45) is 8.15. The molecule has 0 amide bonds. The molecule has 0 fully saturated rings. The van der Waals surface area contributed by atoms with Crippen molar-refractivity contribution in [1.82, 2.24) is 19.9 Å². The van der Waals surface area contributed by atoms with Crippen molar-refractivity contribution < 1.29 is 0 Å². The Bertz CT molecular complexity index is 2370. The van der Waals surface area contributed by atoms with Crippen molar-refractivity contribution in [2.75, 3.05) is 22.9 Å². The van der Waals surface area contributed by atoms with E-state index in [1.165, 1.54) is 0 Å². The van der Waals surface area contributed by atoms with Gasteiger partial charge in [0, 0.05) is 22.7 Å². The molecule has 252 valence electrons. The van der Waals surface area contributed by atoms with Crippen molar-refractivity contribution in [3.8, 4) is 44.5 Å². The molecule has 9 heteroatoms. The summed E-state index contributed by atoms with van der Waals surface area (Å²) < 4.78 is 0. The second kappa shape index (κ2) is 13.6. The monoisotopic (exact) mass is 792 g/mol. The fraction of sp³-hybridized carbons (Fsp3) is 0. The van der Waals surface area contributed by atoms with E-state index in [1.807, 2.05) is 146 Å². The number of nitrogens with two attached hydrogens (primary N) is 4. The zero-order chi connectivity index (χ0) is 35.3. The molecular formula is C44H32N8Sn. The van der Waals surface area contributed by atoms with Crippen LogP contribution in [0.4, 0.5) is 22.7 Å². The molecule has 2 aliphatic heterocycles. The summed E-state index contributed by atoms with van der Waals surface area (Å²) in [7, 11) is 0. The summed E-state index contributed by atoms with van der Waals surface area (Å²) in [5.41, 5.74) is 40.7. The zero-order valence-electron chi connectivity index (χ0n) is 28.5. The molecule has 0 aliphatic carbocycles. The van der Waals surface area contributed by atoms with Crippen LogP contribution in [0, 0.1) is 0 Å². The molecule has 5 heterocycles. The first-order valence-corrected chi connectivity index (χ1v) is 16.9. The average Bonchev–Trinajstić information content (AvgIpc) is 3.99. The summed E-state index contributed by atoms with van der Waals surface area (Å²) >= 11 is 0. The van der Waals surface area contributed by atoms with Gasteiger partial charge in [-0.3, -0.25) is 0 Å². The molecule has 8 bridgehead atoms. The molecule has 0 atom stereocenters. The maximum Gasteiger partial charge on any atom is 2.00 e. The summed E-state index contributed by atoms with van der Waals surface area (Å²) in [5.74, 6) is 0. The fourth-order valence-electron chi connectivity index (χ4n) is 6.87. The normalized spacial score (nSPS) is 11.8. The number of aromatic nitrogens is 4. The predicted molar refractivity (Wildman–Crippen MR) is 222 cm³/mol. The van der Waals surface area contributed by atoms with E-state index in [0.717, 1.165) is 89.4 Å². The first-order chi connectivity index (χ1) is 25.4. The molecule has 2 radical (unpaired) electrons. The fourth-order valence-corrected chi connectivity index (χ4v) is 6.87. The first kappa shape index (κ1) is 33.6. The van der Waals surface area contributed by atoms with Crippen LogP contribution >= 0.6 is 0 Å². The second-order valence-electron chi connectivity index (χ2n) is 12.9. The maximum absolute atomic E-state index is 6.13. The second-order valence-corrected chi connectivity index (χ2v) is 12.9. The van der Waals surface area contributed by atoms with E-state index in [1.54, 1.807) is 0 Å². The van der Waals surface area contributed by atoms with Gasteiger partial charge in [-0.05, 0) is 117 Å². The number of nitrogens with zero attached hydrogens (tertiary/aromatic N) is 4. The van der Waals surface area contributed by atoms with Crippen molar-refractivity contribution in [3.05, 3.63) is 144 Å². The Morgan fingerprint density at radius 3 is 0.717 bits per heavy atom. The van der Waals surface area contributed by atoms with Crippen molar-refractivity contribution in [2.45, 2.75) is 0 Å². The van der Waals surface area contributed by atoms with Crippen LogP contribution in [0.1, 0.15) is 22.8 Å². The molecule has 0 saturated carbocycles. The van der Waals surface area contributed by atoms with Gasteiger partial charge in [-0.2, -0.15) is 0 Å². The summed E-state index contributed by atoms with van der Waals surface area (Å²) in [4.78, 5) is 21.1. The van der Waals surface area contributed by atoms with Gasteiger partial charge in [0.1, 0.15) is 0 Å². The Kier molecular flexibility index (Phi) is 8.60. The first-order valence-electron chi connectivity index (χ1n) is 16.9. The van der Waals surface area contributed by atoms with Crippen LogP contribution in [0.3, 0.4) is 0 Å². The molecule has 4 aromatic carbocycles. The summed E-state index contributed by atoms with van der Waals surface area (Å²) in [6.45, 7) is 0.